The van der Waals surface area contributed by atoms with Gasteiger partial charge >= 0.3 is 0 Å². The summed E-state index contributed by atoms with van der Waals surface area (Å²) in [7, 11) is 0. The fourth-order valence-electron chi connectivity index (χ4n) is 3.39. The quantitative estimate of drug-likeness (QED) is 0.717. The molecule has 1 aromatic heterocycles. The van der Waals surface area contributed by atoms with E-state index in [9.17, 15) is 4.79 Å². The van der Waals surface area contributed by atoms with Gasteiger partial charge in [-0.05, 0) is 54.0 Å². The van der Waals surface area contributed by atoms with Crippen molar-refractivity contribution in [3.05, 3.63) is 22.4 Å². The van der Waals surface area contributed by atoms with Crippen LogP contribution in [0.1, 0.15) is 57.9 Å². The van der Waals surface area contributed by atoms with Crippen molar-refractivity contribution in [2.24, 2.45) is 11.3 Å². The molecule has 0 saturated heterocycles. The van der Waals surface area contributed by atoms with E-state index in [0.717, 1.165) is 32.1 Å². The van der Waals surface area contributed by atoms with Gasteiger partial charge in [0.1, 0.15) is 5.78 Å². The largest absolute Gasteiger partial charge is 0.299 e. The number of hydrogen-bond donors (Lipinski definition) is 0. The molecule has 0 bridgehead atoms. The van der Waals surface area contributed by atoms with Gasteiger partial charge in [0.2, 0.25) is 0 Å². The van der Waals surface area contributed by atoms with E-state index < -0.39 is 0 Å². The second kappa shape index (κ2) is 6.01. The average molecular weight is 264 g/mol. The molecule has 2 rings (SSSR count). The van der Waals surface area contributed by atoms with E-state index in [1.807, 2.05) is 0 Å². The van der Waals surface area contributed by atoms with Crippen molar-refractivity contribution < 1.29 is 4.79 Å². The number of rotatable bonds is 6. The van der Waals surface area contributed by atoms with E-state index in [1.165, 1.54) is 18.4 Å². The molecule has 18 heavy (non-hydrogen) atoms. The molecule has 1 nitrogen and oxygen atoms in total. The van der Waals surface area contributed by atoms with Crippen molar-refractivity contribution >= 4 is 17.1 Å². The molecule has 2 heteroatoms. The Balaban J connectivity index is 1.95. The Bertz CT molecular complexity index is 372. The Labute approximate surface area is 115 Å². The van der Waals surface area contributed by atoms with Crippen molar-refractivity contribution in [3.63, 3.8) is 0 Å². The van der Waals surface area contributed by atoms with E-state index in [0.29, 0.717) is 11.7 Å². The SMILES string of the molecule is CC(C)CC1(C(=O)CCc2ccsc2)CCCC1. The van der Waals surface area contributed by atoms with Crippen LogP contribution in [0.4, 0.5) is 0 Å². The van der Waals surface area contributed by atoms with Crippen LogP contribution in [0.15, 0.2) is 16.8 Å². The first-order valence-electron chi connectivity index (χ1n) is 7.17. The van der Waals surface area contributed by atoms with Crippen molar-refractivity contribution in [3.8, 4) is 0 Å². The van der Waals surface area contributed by atoms with Crippen LogP contribution in [0.3, 0.4) is 0 Å². The summed E-state index contributed by atoms with van der Waals surface area (Å²) in [5.74, 6) is 1.16. The lowest BCUT2D eigenvalue weighted by Gasteiger charge is -2.29. The highest BCUT2D eigenvalue weighted by atomic mass is 32.1. The van der Waals surface area contributed by atoms with Crippen LogP contribution >= 0.6 is 11.3 Å². The lowest BCUT2D eigenvalue weighted by Crippen LogP contribution is -2.30. The minimum atomic E-state index is 0.0319. The number of Topliss-reactive ketones (excluding diaryl/α,β-unsaturated/α-hetero) is 1. The predicted octanol–water partition coefficient (Wildman–Crippen LogP) is 4.86. The van der Waals surface area contributed by atoms with Crippen molar-refractivity contribution in [1.29, 1.82) is 0 Å². The maximum Gasteiger partial charge on any atom is 0.139 e. The van der Waals surface area contributed by atoms with Gasteiger partial charge < -0.3 is 0 Å². The Morgan fingerprint density at radius 3 is 2.67 bits per heavy atom. The van der Waals surface area contributed by atoms with Gasteiger partial charge in [-0.1, -0.05) is 26.7 Å². The standard InChI is InChI=1S/C16H24OS/c1-13(2)11-16(8-3-4-9-16)15(17)6-5-14-7-10-18-12-14/h7,10,12-13H,3-6,8-9,11H2,1-2H3. The van der Waals surface area contributed by atoms with Gasteiger partial charge in [-0.2, -0.15) is 11.3 Å². The van der Waals surface area contributed by atoms with Crippen LogP contribution in [0, 0.1) is 11.3 Å². The Hall–Kier alpha value is -0.630. The number of thiophene rings is 1. The van der Waals surface area contributed by atoms with Crippen LogP contribution in [0.5, 0.6) is 0 Å². The van der Waals surface area contributed by atoms with Crippen molar-refractivity contribution in [2.75, 3.05) is 0 Å². The van der Waals surface area contributed by atoms with E-state index in [1.54, 1.807) is 11.3 Å². The zero-order valence-corrected chi connectivity index (χ0v) is 12.4. The van der Waals surface area contributed by atoms with E-state index in [2.05, 4.69) is 30.7 Å². The van der Waals surface area contributed by atoms with Crippen molar-refractivity contribution in [1.82, 2.24) is 0 Å². The van der Waals surface area contributed by atoms with Gasteiger partial charge in [-0.15, -0.1) is 0 Å². The molecule has 0 aliphatic heterocycles. The molecular weight excluding hydrogens is 240 g/mol. The molecule has 0 spiro atoms. The van der Waals surface area contributed by atoms with Crippen LogP contribution in [-0.2, 0) is 11.2 Å². The molecule has 0 unspecified atom stereocenters. The van der Waals surface area contributed by atoms with Crippen molar-refractivity contribution in [2.45, 2.75) is 58.8 Å². The van der Waals surface area contributed by atoms with Gasteiger partial charge in [0, 0.05) is 11.8 Å². The smallest absolute Gasteiger partial charge is 0.139 e. The summed E-state index contributed by atoms with van der Waals surface area (Å²) in [5, 5.41) is 4.26. The van der Waals surface area contributed by atoms with Gasteiger partial charge in [-0.3, -0.25) is 4.79 Å². The fourth-order valence-corrected chi connectivity index (χ4v) is 4.09. The summed E-state index contributed by atoms with van der Waals surface area (Å²) in [6.45, 7) is 4.48. The van der Waals surface area contributed by atoms with Gasteiger partial charge in [-0.25, -0.2) is 0 Å². The third-order valence-electron chi connectivity index (χ3n) is 4.17. The Morgan fingerprint density at radius 2 is 2.11 bits per heavy atom. The van der Waals surface area contributed by atoms with Crippen LogP contribution < -0.4 is 0 Å². The van der Waals surface area contributed by atoms with Crippen LogP contribution in [-0.4, -0.2) is 5.78 Å². The maximum absolute atomic E-state index is 12.6. The van der Waals surface area contributed by atoms with Crippen LogP contribution in [0.25, 0.3) is 0 Å². The Morgan fingerprint density at radius 1 is 1.39 bits per heavy atom. The number of carbonyl (C=O) groups is 1. The number of ketones is 1. The van der Waals surface area contributed by atoms with Gasteiger partial charge in [0.25, 0.3) is 0 Å². The summed E-state index contributed by atoms with van der Waals surface area (Å²) in [6.07, 6.45) is 7.52. The highest BCUT2D eigenvalue weighted by molar-refractivity contribution is 7.07. The molecule has 100 valence electrons. The first-order chi connectivity index (χ1) is 8.62. The van der Waals surface area contributed by atoms with Crippen LogP contribution in [0.2, 0.25) is 0 Å². The van der Waals surface area contributed by atoms with E-state index in [4.69, 9.17) is 0 Å². The molecule has 1 aliphatic carbocycles. The topological polar surface area (TPSA) is 17.1 Å². The summed E-state index contributed by atoms with van der Waals surface area (Å²) in [5.41, 5.74) is 1.36. The summed E-state index contributed by atoms with van der Waals surface area (Å²) in [6, 6.07) is 2.14. The third-order valence-corrected chi connectivity index (χ3v) is 4.90. The second-order valence-electron chi connectivity index (χ2n) is 6.14. The summed E-state index contributed by atoms with van der Waals surface area (Å²) < 4.78 is 0. The summed E-state index contributed by atoms with van der Waals surface area (Å²) in [4.78, 5) is 12.6. The van der Waals surface area contributed by atoms with Gasteiger partial charge in [0.05, 0.1) is 0 Å². The first-order valence-corrected chi connectivity index (χ1v) is 8.11. The van der Waals surface area contributed by atoms with Gasteiger partial charge in [0.15, 0.2) is 0 Å². The molecule has 0 N–H and O–H groups in total. The highest BCUT2D eigenvalue weighted by Gasteiger charge is 2.40. The number of carbonyl (C=O) groups excluding carboxylic acids is 1. The molecule has 0 radical (unpaired) electrons. The lowest BCUT2D eigenvalue weighted by molar-refractivity contribution is -0.129. The number of hydrogen-bond acceptors (Lipinski definition) is 2. The molecule has 1 aromatic rings. The predicted molar refractivity (Wildman–Crippen MR) is 78.0 cm³/mol. The van der Waals surface area contributed by atoms with E-state index >= 15 is 0 Å². The third kappa shape index (κ3) is 3.23. The maximum atomic E-state index is 12.6. The average Bonchev–Trinajstić information content (AvgIpc) is 2.96. The molecule has 0 aromatic carbocycles. The normalized spacial score (nSPS) is 18.4. The molecule has 1 aliphatic rings. The fraction of sp³-hybridized carbons (Fsp3) is 0.688. The monoisotopic (exact) mass is 264 g/mol. The first kappa shape index (κ1) is 13.8. The zero-order valence-electron chi connectivity index (χ0n) is 11.6. The molecular formula is C16H24OS. The number of aryl methyl sites for hydroxylation is 1. The zero-order chi connectivity index (χ0) is 13.0. The molecule has 0 amide bonds. The minimum absolute atomic E-state index is 0.0319. The second-order valence-corrected chi connectivity index (χ2v) is 6.92. The summed E-state index contributed by atoms with van der Waals surface area (Å²) >= 11 is 1.72. The Kier molecular flexibility index (Phi) is 4.60. The molecule has 0 atom stereocenters. The minimum Gasteiger partial charge on any atom is -0.299 e. The van der Waals surface area contributed by atoms with E-state index in [-0.39, 0.29) is 5.41 Å². The molecule has 1 fully saturated rings. The molecule has 1 heterocycles. The lowest BCUT2D eigenvalue weighted by atomic mass is 9.73. The highest BCUT2D eigenvalue weighted by Crippen LogP contribution is 2.44. The molecule has 1 saturated carbocycles.